The van der Waals surface area contributed by atoms with Crippen LogP contribution in [0, 0.1) is 12.7 Å². The van der Waals surface area contributed by atoms with Gasteiger partial charge >= 0.3 is 0 Å². The number of nitrogens with zero attached hydrogens (tertiary/aromatic N) is 3. The van der Waals surface area contributed by atoms with Gasteiger partial charge in [0.05, 0.1) is 30.0 Å². The van der Waals surface area contributed by atoms with Gasteiger partial charge in [-0.1, -0.05) is 12.1 Å². The molecule has 0 saturated heterocycles. The van der Waals surface area contributed by atoms with Gasteiger partial charge in [-0.15, -0.1) is 0 Å². The Labute approximate surface area is 220 Å². The lowest BCUT2D eigenvalue weighted by Crippen LogP contribution is -2.34. The maximum Gasteiger partial charge on any atom is 0.255 e. The third kappa shape index (κ3) is 6.31. The van der Waals surface area contributed by atoms with Crippen LogP contribution < -0.4 is 15.4 Å². The van der Waals surface area contributed by atoms with Gasteiger partial charge in [-0.25, -0.2) is 4.39 Å². The van der Waals surface area contributed by atoms with Crippen LogP contribution in [-0.4, -0.2) is 45.7 Å². The molecule has 0 bridgehead atoms. The summed E-state index contributed by atoms with van der Waals surface area (Å²) in [6, 6.07) is 9.37. The van der Waals surface area contributed by atoms with Crippen molar-refractivity contribution in [3.05, 3.63) is 88.3 Å². The number of pyridine rings is 2. The van der Waals surface area contributed by atoms with E-state index in [4.69, 9.17) is 4.74 Å². The van der Waals surface area contributed by atoms with Crippen LogP contribution in [0.25, 0.3) is 0 Å². The Kier molecular flexibility index (Phi) is 8.30. The molecule has 1 aromatic carbocycles. The number of benzene rings is 1. The number of fused-ring (bicyclic) bond motifs is 1. The minimum absolute atomic E-state index is 0.0379. The first-order chi connectivity index (χ1) is 18.2. The Bertz CT molecular complexity index is 1350. The molecule has 1 aliphatic rings. The summed E-state index contributed by atoms with van der Waals surface area (Å²) in [5, 5.41) is 5.38. The lowest BCUT2D eigenvalue weighted by atomic mass is 10.1. The number of hydrogen-bond acceptors (Lipinski definition) is 6. The van der Waals surface area contributed by atoms with E-state index >= 15 is 0 Å². The van der Waals surface area contributed by atoms with Gasteiger partial charge in [0.1, 0.15) is 18.2 Å². The van der Waals surface area contributed by atoms with Gasteiger partial charge in [0.25, 0.3) is 5.91 Å². The average Bonchev–Trinajstić information content (AvgIpc) is 3.23. The predicted octanol–water partition coefficient (Wildman–Crippen LogP) is 3.01. The fraction of sp³-hybridized carbons (Fsp3) is 0.321. The van der Waals surface area contributed by atoms with E-state index in [2.05, 4.69) is 20.6 Å². The monoisotopic (exact) mass is 519 g/mol. The number of nitrogens with one attached hydrogen (secondary N) is 2. The van der Waals surface area contributed by atoms with E-state index < -0.39 is 0 Å². The molecule has 0 radical (unpaired) electrons. The summed E-state index contributed by atoms with van der Waals surface area (Å²) in [5.74, 6) is -0.223. The van der Waals surface area contributed by atoms with E-state index in [0.717, 1.165) is 16.7 Å². The topological polar surface area (TPSA) is 114 Å². The van der Waals surface area contributed by atoms with Crippen LogP contribution in [0.2, 0.25) is 0 Å². The summed E-state index contributed by atoms with van der Waals surface area (Å²) in [6.07, 6.45) is 3.22. The largest absolute Gasteiger partial charge is 0.487 e. The number of amides is 3. The highest BCUT2D eigenvalue weighted by molar-refractivity contribution is 5.99. The van der Waals surface area contributed by atoms with E-state index in [1.807, 2.05) is 19.9 Å². The second-order valence-electron chi connectivity index (χ2n) is 9.19. The normalized spacial score (nSPS) is 13.2. The quantitative estimate of drug-likeness (QED) is 0.398. The Morgan fingerprint density at radius 3 is 2.58 bits per heavy atom. The Morgan fingerprint density at radius 1 is 1.13 bits per heavy atom. The van der Waals surface area contributed by atoms with Crippen LogP contribution in [0.5, 0.6) is 5.75 Å². The van der Waals surface area contributed by atoms with E-state index in [-0.39, 0.29) is 42.6 Å². The van der Waals surface area contributed by atoms with Crippen molar-refractivity contribution in [1.82, 2.24) is 25.5 Å². The molecule has 1 atom stereocenters. The van der Waals surface area contributed by atoms with Crippen LogP contribution in [0.4, 0.5) is 4.39 Å². The van der Waals surface area contributed by atoms with Gasteiger partial charge in [-0.2, -0.15) is 0 Å². The fourth-order valence-corrected chi connectivity index (χ4v) is 4.28. The van der Waals surface area contributed by atoms with Gasteiger partial charge in [0.15, 0.2) is 0 Å². The van der Waals surface area contributed by atoms with Crippen molar-refractivity contribution in [2.75, 3.05) is 13.1 Å². The van der Waals surface area contributed by atoms with E-state index in [1.54, 1.807) is 35.5 Å². The molecule has 3 amide bonds. The summed E-state index contributed by atoms with van der Waals surface area (Å²) in [5.41, 5.74) is 4.24. The summed E-state index contributed by atoms with van der Waals surface area (Å²) in [6.45, 7) is 6.49. The molecule has 10 heteroatoms. The zero-order valence-electron chi connectivity index (χ0n) is 21.6. The molecular weight excluding hydrogens is 489 g/mol. The molecule has 3 heterocycles. The summed E-state index contributed by atoms with van der Waals surface area (Å²) in [7, 11) is 0. The van der Waals surface area contributed by atoms with Gasteiger partial charge in [-0.3, -0.25) is 24.4 Å². The van der Waals surface area contributed by atoms with Crippen LogP contribution in [-0.2, 0) is 29.2 Å². The van der Waals surface area contributed by atoms with Crippen molar-refractivity contribution in [3.63, 3.8) is 0 Å². The Morgan fingerprint density at radius 2 is 1.87 bits per heavy atom. The first kappa shape index (κ1) is 26.7. The second kappa shape index (κ2) is 11.8. The van der Waals surface area contributed by atoms with Gasteiger partial charge in [-0.05, 0) is 49.2 Å². The zero-order chi connectivity index (χ0) is 27.2. The predicted molar refractivity (Wildman–Crippen MR) is 138 cm³/mol. The molecule has 2 aromatic heterocycles. The molecule has 1 unspecified atom stereocenters. The van der Waals surface area contributed by atoms with Gasteiger partial charge in [0, 0.05) is 43.9 Å². The highest BCUT2D eigenvalue weighted by Crippen LogP contribution is 2.33. The molecule has 0 saturated carbocycles. The highest BCUT2D eigenvalue weighted by Gasteiger charge is 2.34. The summed E-state index contributed by atoms with van der Waals surface area (Å²) >= 11 is 0. The number of aromatic nitrogens is 2. The third-order valence-corrected chi connectivity index (χ3v) is 6.40. The van der Waals surface area contributed by atoms with Gasteiger partial charge in [0.2, 0.25) is 11.8 Å². The Balaban J connectivity index is 1.40. The van der Waals surface area contributed by atoms with Crippen molar-refractivity contribution in [3.8, 4) is 5.75 Å². The fourth-order valence-electron chi connectivity index (χ4n) is 4.28. The Hall–Kier alpha value is -4.34. The molecule has 38 heavy (non-hydrogen) atoms. The van der Waals surface area contributed by atoms with Crippen molar-refractivity contribution < 1.29 is 23.5 Å². The smallest absolute Gasteiger partial charge is 0.255 e. The minimum Gasteiger partial charge on any atom is -0.487 e. The van der Waals surface area contributed by atoms with Crippen LogP contribution >= 0.6 is 0 Å². The summed E-state index contributed by atoms with van der Waals surface area (Å²) in [4.78, 5) is 47.2. The zero-order valence-corrected chi connectivity index (χ0v) is 21.6. The van der Waals surface area contributed by atoms with E-state index in [0.29, 0.717) is 42.3 Å². The van der Waals surface area contributed by atoms with E-state index in [9.17, 15) is 18.8 Å². The molecule has 0 spiro atoms. The first-order valence-corrected chi connectivity index (χ1v) is 12.4. The number of halogens is 1. The van der Waals surface area contributed by atoms with E-state index in [1.165, 1.54) is 19.1 Å². The standard InChI is InChI=1S/C28H30FN5O4/c1-17-12-24(33-14-26(17)38-16-20-4-6-21(29)7-5-20)18(2)34-15-23-22(28(34)37)8-9-31-25(23)13-27(36)32-11-10-30-19(3)35/h4-9,12,14,18H,10-11,13,15-16H2,1-3H3,(H,30,35)(H,32,36). The van der Waals surface area contributed by atoms with Crippen LogP contribution in [0.1, 0.15) is 58.3 Å². The van der Waals surface area contributed by atoms with Crippen LogP contribution in [0.3, 0.4) is 0 Å². The summed E-state index contributed by atoms with van der Waals surface area (Å²) < 4.78 is 19.0. The number of carbonyl (C=O) groups is 3. The molecule has 198 valence electrons. The number of rotatable bonds is 10. The molecular formula is C28H30FN5O4. The van der Waals surface area contributed by atoms with Crippen LogP contribution in [0.15, 0.2) is 48.8 Å². The maximum absolute atomic E-state index is 13.2. The SMILES string of the molecule is CC(=O)NCCNC(=O)Cc1nccc2c1CN(C(C)c1cc(C)c(OCc3ccc(F)cc3)cn1)C2=O. The molecule has 2 N–H and O–H groups in total. The highest BCUT2D eigenvalue weighted by atomic mass is 19.1. The number of hydrogen-bond donors (Lipinski definition) is 2. The number of aryl methyl sites for hydroxylation is 1. The molecule has 4 rings (SSSR count). The van der Waals surface area contributed by atoms with Crippen molar-refractivity contribution in [2.45, 2.75) is 46.4 Å². The molecule has 1 aliphatic heterocycles. The first-order valence-electron chi connectivity index (χ1n) is 12.4. The molecule has 0 aliphatic carbocycles. The lowest BCUT2D eigenvalue weighted by Gasteiger charge is -2.24. The maximum atomic E-state index is 13.2. The number of carbonyl (C=O) groups excluding carboxylic acids is 3. The second-order valence-corrected chi connectivity index (χ2v) is 9.19. The third-order valence-electron chi connectivity index (χ3n) is 6.40. The molecule has 3 aromatic rings. The minimum atomic E-state index is -0.320. The van der Waals surface area contributed by atoms with Crippen molar-refractivity contribution in [2.24, 2.45) is 0 Å². The van der Waals surface area contributed by atoms with Crippen molar-refractivity contribution in [1.29, 1.82) is 0 Å². The van der Waals surface area contributed by atoms with Gasteiger partial charge < -0.3 is 20.3 Å². The average molecular weight is 520 g/mol. The lowest BCUT2D eigenvalue weighted by molar-refractivity contribution is -0.121. The molecule has 0 fully saturated rings. The van der Waals surface area contributed by atoms with Crippen molar-refractivity contribution >= 4 is 17.7 Å². The number of ether oxygens (including phenoxy) is 1. The molecule has 9 nitrogen and oxygen atoms in total.